The molecule has 4 rings (SSSR count). The summed E-state index contributed by atoms with van der Waals surface area (Å²) in [4.78, 5) is 9.30. The van der Waals surface area contributed by atoms with E-state index in [4.69, 9.17) is 4.74 Å². The second-order valence-corrected chi connectivity index (χ2v) is 7.63. The van der Waals surface area contributed by atoms with Gasteiger partial charge in [0, 0.05) is 57.4 Å². The summed E-state index contributed by atoms with van der Waals surface area (Å²) in [6.07, 6.45) is 4.26. The molecular weight excluding hydrogens is 351 g/mol. The third-order valence-electron chi connectivity index (χ3n) is 5.18. The molecule has 0 radical (unpaired) electrons. The molecule has 2 aromatic heterocycles. The van der Waals surface area contributed by atoms with Crippen molar-refractivity contribution in [2.75, 3.05) is 45.7 Å². The van der Waals surface area contributed by atoms with Gasteiger partial charge in [-0.15, -0.1) is 11.3 Å². The Morgan fingerprint density at radius 1 is 1.38 bits per heavy atom. The van der Waals surface area contributed by atoms with Gasteiger partial charge in [-0.2, -0.15) is 0 Å². The maximum absolute atomic E-state index is 14.5. The third kappa shape index (κ3) is 3.11. The van der Waals surface area contributed by atoms with E-state index in [1.54, 1.807) is 30.8 Å². The number of pyridine rings is 1. The van der Waals surface area contributed by atoms with E-state index in [0.717, 1.165) is 48.9 Å². The molecule has 2 aliphatic heterocycles. The Balaban J connectivity index is 1.82. The number of likely N-dealkylation sites (N-methyl/N-ethyl adjacent to an activating group) is 1. The molecule has 2 aromatic rings. The molecule has 138 valence electrons. The molecule has 5 nitrogen and oxygen atoms in total. The van der Waals surface area contributed by atoms with E-state index in [2.05, 4.69) is 38.6 Å². The van der Waals surface area contributed by atoms with Gasteiger partial charge in [-0.05, 0) is 31.0 Å². The van der Waals surface area contributed by atoms with Crippen molar-refractivity contribution in [1.82, 2.24) is 14.8 Å². The van der Waals surface area contributed by atoms with Gasteiger partial charge in [-0.25, -0.2) is 4.39 Å². The molecule has 1 saturated heterocycles. The molecule has 0 saturated carbocycles. The first kappa shape index (κ1) is 17.5. The van der Waals surface area contributed by atoms with Gasteiger partial charge in [0.1, 0.15) is 10.8 Å². The first-order chi connectivity index (χ1) is 12.7. The maximum Gasteiger partial charge on any atom is 0.135 e. The van der Waals surface area contributed by atoms with Gasteiger partial charge in [0.05, 0.1) is 16.3 Å². The number of piperazine rings is 1. The standard InChI is InChI=1S/C19H23FN4OS/c1-23-7-8-24(12-13(23)4-9-25-2)18-14-5-10-26-19(14)22-11-15-16(20)3-6-21-17(15)18/h3,5-6,10-11,13,22H,4,7-9,12H2,1-2H3. The van der Waals surface area contributed by atoms with E-state index in [1.807, 2.05) is 0 Å². The fourth-order valence-corrected chi connectivity index (χ4v) is 4.44. The monoisotopic (exact) mass is 374 g/mol. The summed E-state index contributed by atoms with van der Waals surface area (Å²) in [6.45, 7) is 3.46. The van der Waals surface area contributed by atoms with Crippen LogP contribution >= 0.6 is 11.3 Å². The number of thiophene rings is 1. The summed E-state index contributed by atoms with van der Waals surface area (Å²) in [5, 5.41) is 7.60. The molecule has 1 atom stereocenters. The fourth-order valence-electron chi connectivity index (χ4n) is 3.68. The second-order valence-electron chi connectivity index (χ2n) is 6.72. The van der Waals surface area contributed by atoms with Crippen molar-refractivity contribution in [3.63, 3.8) is 0 Å². The van der Waals surface area contributed by atoms with Crippen molar-refractivity contribution in [3.8, 4) is 0 Å². The van der Waals surface area contributed by atoms with Gasteiger partial charge in [-0.3, -0.25) is 9.88 Å². The van der Waals surface area contributed by atoms with Crippen LogP contribution < -0.4 is 15.9 Å². The summed E-state index contributed by atoms with van der Waals surface area (Å²) in [5.41, 5.74) is 2.12. The molecule has 0 spiro atoms. The molecule has 4 heterocycles. The van der Waals surface area contributed by atoms with Crippen LogP contribution in [0, 0.1) is 5.82 Å². The third-order valence-corrected chi connectivity index (χ3v) is 6.02. The van der Waals surface area contributed by atoms with Crippen LogP contribution in [0.5, 0.6) is 0 Å². The zero-order valence-electron chi connectivity index (χ0n) is 15.0. The SMILES string of the molecule is COCCC1CN(C2=c3nccc(F)c3=CNc3sccc32)CCN1C. The van der Waals surface area contributed by atoms with Crippen LogP contribution in [0.2, 0.25) is 0 Å². The largest absolute Gasteiger partial charge is 0.385 e. The van der Waals surface area contributed by atoms with E-state index in [1.165, 1.54) is 6.07 Å². The van der Waals surface area contributed by atoms with Gasteiger partial charge in [0.2, 0.25) is 0 Å². The lowest BCUT2D eigenvalue weighted by Crippen LogP contribution is -2.52. The van der Waals surface area contributed by atoms with Crippen molar-refractivity contribution < 1.29 is 9.13 Å². The Hall–Kier alpha value is -1.96. The Morgan fingerprint density at radius 3 is 3.12 bits per heavy atom. The van der Waals surface area contributed by atoms with E-state index in [-0.39, 0.29) is 5.82 Å². The quantitative estimate of drug-likeness (QED) is 0.873. The number of anilines is 1. The highest BCUT2D eigenvalue weighted by molar-refractivity contribution is 7.14. The molecule has 2 aliphatic rings. The Labute approximate surface area is 156 Å². The number of halogens is 1. The number of methoxy groups -OCH3 is 1. The second kappa shape index (κ2) is 7.34. The van der Waals surface area contributed by atoms with Crippen molar-refractivity contribution in [1.29, 1.82) is 0 Å². The number of aromatic nitrogens is 1. The average molecular weight is 374 g/mol. The van der Waals surface area contributed by atoms with Crippen LogP contribution in [-0.2, 0) is 4.74 Å². The number of hydrogen-bond acceptors (Lipinski definition) is 6. The van der Waals surface area contributed by atoms with E-state index >= 15 is 0 Å². The predicted molar refractivity (Wildman–Crippen MR) is 103 cm³/mol. The summed E-state index contributed by atoms with van der Waals surface area (Å²) in [7, 11) is 3.90. The number of nitrogens with one attached hydrogen (secondary N) is 1. The topological polar surface area (TPSA) is 40.6 Å². The van der Waals surface area contributed by atoms with Crippen molar-refractivity contribution in [2.24, 2.45) is 0 Å². The molecular formula is C19H23FN4OS. The van der Waals surface area contributed by atoms with Crippen molar-refractivity contribution in [3.05, 3.63) is 45.7 Å². The van der Waals surface area contributed by atoms with Crippen LogP contribution in [0.1, 0.15) is 12.0 Å². The number of nitrogens with zero attached hydrogens (tertiary/aromatic N) is 3. The first-order valence-electron chi connectivity index (χ1n) is 8.82. The summed E-state index contributed by atoms with van der Waals surface area (Å²) in [6, 6.07) is 3.91. The van der Waals surface area contributed by atoms with Crippen LogP contribution in [-0.4, -0.2) is 61.2 Å². The number of hydrogen-bond donors (Lipinski definition) is 1. The minimum absolute atomic E-state index is 0.250. The lowest BCUT2D eigenvalue weighted by atomic mass is 10.1. The van der Waals surface area contributed by atoms with E-state index in [9.17, 15) is 4.39 Å². The molecule has 7 heteroatoms. The first-order valence-corrected chi connectivity index (χ1v) is 9.70. The lowest BCUT2D eigenvalue weighted by molar-refractivity contribution is 0.0960. The van der Waals surface area contributed by atoms with Gasteiger partial charge in [0.15, 0.2) is 0 Å². The van der Waals surface area contributed by atoms with Crippen LogP contribution in [0.3, 0.4) is 0 Å². The zero-order valence-corrected chi connectivity index (χ0v) is 15.9. The van der Waals surface area contributed by atoms with Gasteiger partial charge < -0.3 is 15.0 Å². The highest BCUT2D eigenvalue weighted by atomic mass is 32.1. The van der Waals surface area contributed by atoms with Crippen LogP contribution in [0.4, 0.5) is 9.39 Å². The number of ether oxygens (including phenoxy) is 1. The molecule has 26 heavy (non-hydrogen) atoms. The normalized spacial score (nSPS) is 20.0. The molecule has 0 bridgehead atoms. The van der Waals surface area contributed by atoms with E-state index in [0.29, 0.717) is 16.6 Å². The number of rotatable bonds is 4. The molecule has 0 aliphatic carbocycles. The average Bonchev–Trinajstić information content (AvgIpc) is 3.03. The Kier molecular flexibility index (Phi) is 4.93. The molecule has 0 amide bonds. The molecule has 0 aromatic carbocycles. The smallest absolute Gasteiger partial charge is 0.135 e. The summed E-state index contributed by atoms with van der Waals surface area (Å²) < 4.78 is 19.7. The van der Waals surface area contributed by atoms with Gasteiger partial charge in [-0.1, -0.05) is 0 Å². The maximum atomic E-state index is 14.5. The highest BCUT2D eigenvalue weighted by Gasteiger charge is 2.28. The van der Waals surface area contributed by atoms with E-state index < -0.39 is 0 Å². The summed E-state index contributed by atoms with van der Waals surface area (Å²) in [5.74, 6) is -0.250. The van der Waals surface area contributed by atoms with Gasteiger partial charge in [0.25, 0.3) is 0 Å². The van der Waals surface area contributed by atoms with Crippen LogP contribution in [0.25, 0.3) is 11.9 Å². The van der Waals surface area contributed by atoms with Gasteiger partial charge >= 0.3 is 0 Å². The lowest BCUT2D eigenvalue weighted by Gasteiger charge is -2.41. The van der Waals surface area contributed by atoms with Crippen molar-refractivity contribution in [2.45, 2.75) is 12.5 Å². The van der Waals surface area contributed by atoms with Crippen LogP contribution in [0.15, 0.2) is 23.7 Å². The Bertz CT molecular complexity index is 913. The Morgan fingerprint density at radius 2 is 2.27 bits per heavy atom. The zero-order chi connectivity index (χ0) is 18.1. The summed E-state index contributed by atoms with van der Waals surface area (Å²) >= 11 is 1.63. The number of fused-ring (bicyclic) bond motifs is 2. The minimum Gasteiger partial charge on any atom is -0.385 e. The van der Waals surface area contributed by atoms with Crippen molar-refractivity contribution >= 4 is 28.2 Å². The molecule has 1 fully saturated rings. The molecule has 1 unspecified atom stereocenters. The highest BCUT2D eigenvalue weighted by Crippen LogP contribution is 2.32. The molecule has 1 N–H and O–H groups in total. The fraction of sp³-hybridized carbons (Fsp3) is 0.421. The predicted octanol–water partition coefficient (Wildman–Crippen LogP) is 1.25. The minimum atomic E-state index is -0.250.